The van der Waals surface area contributed by atoms with Crippen LogP contribution in [0.25, 0.3) is 0 Å². The quantitative estimate of drug-likeness (QED) is 0.302. The molecule has 1 saturated heterocycles. The van der Waals surface area contributed by atoms with Gasteiger partial charge in [-0.1, -0.05) is 25.3 Å². The highest BCUT2D eigenvalue weighted by molar-refractivity contribution is 5.80. The SMILES string of the molecule is C=C/C=C(/CC(=O)N1CC(CCNC[C@H](O)C[C@H](O)CO)C1)C(=C)F. The van der Waals surface area contributed by atoms with Gasteiger partial charge in [0, 0.05) is 26.1 Å². The largest absolute Gasteiger partial charge is 0.394 e. The fourth-order valence-corrected chi connectivity index (χ4v) is 2.67. The average molecular weight is 356 g/mol. The van der Waals surface area contributed by atoms with Crippen molar-refractivity contribution in [1.82, 2.24) is 10.2 Å². The predicted octanol–water partition coefficient (Wildman–Crippen LogP) is 0.514. The van der Waals surface area contributed by atoms with Gasteiger partial charge in [-0.3, -0.25) is 4.79 Å². The molecule has 0 bridgehead atoms. The van der Waals surface area contributed by atoms with Crippen molar-refractivity contribution in [3.8, 4) is 0 Å². The van der Waals surface area contributed by atoms with Crippen LogP contribution in [-0.2, 0) is 4.79 Å². The second kappa shape index (κ2) is 11.1. The molecular weight excluding hydrogens is 327 g/mol. The van der Waals surface area contributed by atoms with Gasteiger partial charge in [0.15, 0.2) is 0 Å². The van der Waals surface area contributed by atoms with Gasteiger partial charge >= 0.3 is 0 Å². The minimum absolute atomic E-state index is 0.00823. The molecule has 0 spiro atoms. The minimum Gasteiger partial charge on any atom is -0.394 e. The molecule has 0 aliphatic carbocycles. The van der Waals surface area contributed by atoms with Crippen molar-refractivity contribution in [2.45, 2.75) is 31.5 Å². The Morgan fingerprint density at radius 3 is 2.60 bits per heavy atom. The summed E-state index contributed by atoms with van der Waals surface area (Å²) in [5.74, 6) is -0.346. The Morgan fingerprint density at radius 2 is 2.04 bits per heavy atom. The predicted molar refractivity (Wildman–Crippen MR) is 94.4 cm³/mol. The summed E-state index contributed by atoms with van der Waals surface area (Å²) in [6, 6.07) is 0. The maximum Gasteiger partial charge on any atom is 0.227 e. The number of carbonyl (C=O) groups is 1. The number of aliphatic hydroxyl groups is 3. The summed E-state index contributed by atoms with van der Waals surface area (Å²) in [7, 11) is 0. The lowest BCUT2D eigenvalue weighted by Crippen LogP contribution is -2.50. The lowest BCUT2D eigenvalue weighted by atomic mass is 9.95. The van der Waals surface area contributed by atoms with Crippen molar-refractivity contribution >= 4 is 5.91 Å². The van der Waals surface area contributed by atoms with E-state index in [1.54, 1.807) is 4.90 Å². The van der Waals surface area contributed by atoms with E-state index in [-0.39, 0.29) is 30.9 Å². The molecule has 2 atom stereocenters. The van der Waals surface area contributed by atoms with Crippen LogP contribution in [0.15, 0.2) is 36.7 Å². The summed E-state index contributed by atoms with van der Waals surface area (Å²) < 4.78 is 13.2. The molecule has 1 heterocycles. The third kappa shape index (κ3) is 7.92. The van der Waals surface area contributed by atoms with Crippen LogP contribution in [0, 0.1) is 5.92 Å². The van der Waals surface area contributed by atoms with Gasteiger partial charge in [-0.05, 0) is 24.5 Å². The van der Waals surface area contributed by atoms with Crippen LogP contribution in [0.5, 0.6) is 0 Å². The van der Waals surface area contributed by atoms with Gasteiger partial charge in [0.25, 0.3) is 0 Å². The Kier molecular flexibility index (Phi) is 9.59. The van der Waals surface area contributed by atoms with Crippen LogP contribution in [0.2, 0.25) is 0 Å². The van der Waals surface area contributed by atoms with Gasteiger partial charge in [-0.2, -0.15) is 0 Å². The van der Waals surface area contributed by atoms with E-state index in [2.05, 4.69) is 18.5 Å². The lowest BCUT2D eigenvalue weighted by molar-refractivity contribution is -0.136. The van der Waals surface area contributed by atoms with E-state index in [9.17, 15) is 19.4 Å². The molecule has 6 nitrogen and oxygen atoms in total. The summed E-state index contributed by atoms with van der Waals surface area (Å²) in [6.07, 6.45) is 2.28. The molecule has 1 amide bonds. The molecule has 0 aromatic carbocycles. The molecule has 0 aromatic heterocycles. The zero-order chi connectivity index (χ0) is 18.8. The van der Waals surface area contributed by atoms with Crippen LogP contribution in [0.4, 0.5) is 4.39 Å². The first-order valence-corrected chi connectivity index (χ1v) is 8.49. The second-order valence-corrected chi connectivity index (χ2v) is 6.39. The molecule has 1 aliphatic rings. The molecule has 25 heavy (non-hydrogen) atoms. The van der Waals surface area contributed by atoms with Crippen LogP contribution in [0.3, 0.4) is 0 Å². The van der Waals surface area contributed by atoms with Gasteiger partial charge in [-0.25, -0.2) is 4.39 Å². The van der Waals surface area contributed by atoms with Crippen LogP contribution in [-0.4, -0.2) is 71.1 Å². The second-order valence-electron chi connectivity index (χ2n) is 6.39. The lowest BCUT2D eigenvalue weighted by Gasteiger charge is -2.39. The third-order valence-corrected chi connectivity index (χ3v) is 4.18. The van der Waals surface area contributed by atoms with Gasteiger partial charge in [0.1, 0.15) is 5.83 Å². The van der Waals surface area contributed by atoms with Gasteiger partial charge < -0.3 is 25.5 Å². The number of likely N-dealkylation sites (tertiary alicyclic amines) is 1. The number of nitrogens with one attached hydrogen (secondary N) is 1. The average Bonchev–Trinajstić information content (AvgIpc) is 2.51. The molecule has 1 aliphatic heterocycles. The van der Waals surface area contributed by atoms with Crippen LogP contribution >= 0.6 is 0 Å². The molecule has 0 saturated carbocycles. The molecule has 0 aromatic rings. The smallest absolute Gasteiger partial charge is 0.227 e. The Balaban J connectivity index is 2.16. The highest BCUT2D eigenvalue weighted by Gasteiger charge is 2.30. The Bertz CT molecular complexity index is 489. The molecule has 0 unspecified atom stereocenters. The number of aliphatic hydroxyl groups excluding tert-OH is 3. The number of allylic oxidation sites excluding steroid dienone is 3. The molecule has 7 heteroatoms. The van der Waals surface area contributed by atoms with E-state index in [0.29, 0.717) is 32.1 Å². The number of hydrogen-bond donors (Lipinski definition) is 4. The molecule has 1 fully saturated rings. The topological polar surface area (TPSA) is 93.0 Å². The molecular formula is C18H29FN2O4. The summed E-state index contributed by atoms with van der Waals surface area (Å²) >= 11 is 0. The Hall–Kier alpha value is -1.54. The van der Waals surface area contributed by atoms with Gasteiger partial charge in [0.05, 0.1) is 25.2 Å². The zero-order valence-corrected chi connectivity index (χ0v) is 14.5. The van der Waals surface area contributed by atoms with Crippen molar-refractivity contribution < 1.29 is 24.5 Å². The first-order chi connectivity index (χ1) is 11.9. The number of nitrogens with zero attached hydrogens (tertiary/aromatic N) is 1. The maximum absolute atomic E-state index is 13.2. The fraction of sp³-hybridized carbons (Fsp3) is 0.611. The Labute approximate surface area is 148 Å². The third-order valence-electron chi connectivity index (χ3n) is 4.18. The van der Waals surface area contributed by atoms with Crippen molar-refractivity contribution in [2.24, 2.45) is 5.92 Å². The number of carbonyl (C=O) groups excluding carboxylic acids is 1. The molecule has 4 N–H and O–H groups in total. The van der Waals surface area contributed by atoms with E-state index in [4.69, 9.17) is 5.11 Å². The van der Waals surface area contributed by atoms with E-state index in [0.717, 1.165) is 6.42 Å². The molecule has 1 rings (SSSR count). The fourth-order valence-electron chi connectivity index (χ4n) is 2.67. The summed E-state index contributed by atoms with van der Waals surface area (Å²) in [6.45, 7) is 8.69. The summed E-state index contributed by atoms with van der Waals surface area (Å²) in [5.41, 5.74) is 0.254. The number of halogens is 1. The number of hydrogen-bond acceptors (Lipinski definition) is 5. The zero-order valence-electron chi connectivity index (χ0n) is 14.5. The van der Waals surface area contributed by atoms with Crippen molar-refractivity contribution in [3.05, 3.63) is 36.7 Å². The number of amides is 1. The van der Waals surface area contributed by atoms with Crippen molar-refractivity contribution in [3.63, 3.8) is 0 Å². The highest BCUT2D eigenvalue weighted by Crippen LogP contribution is 2.22. The van der Waals surface area contributed by atoms with Gasteiger partial charge in [-0.15, -0.1) is 0 Å². The van der Waals surface area contributed by atoms with E-state index in [1.807, 2.05) is 0 Å². The summed E-state index contributed by atoms with van der Waals surface area (Å²) in [5, 5.41) is 30.7. The first-order valence-electron chi connectivity index (χ1n) is 8.49. The van der Waals surface area contributed by atoms with Crippen LogP contribution in [0.1, 0.15) is 19.3 Å². The summed E-state index contributed by atoms with van der Waals surface area (Å²) in [4.78, 5) is 13.8. The van der Waals surface area contributed by atoms with Crippen molar-refractivity contribution in [2.75, 3.05) is 32.8 Å². The molecule has 142 valence electrons. The normalized spacial score (nSPS) is 17.8. The van der Waals surface area contributed by atoms with Crippen LogP contribution < -0.4 is 5.32 Å². The molecule has 0 radical (unpaired) electrons. The van der Waals surface area contributed by atoms with E-state index < -0.39 is 18.0 Å². The van der Waals surface area contributed by atoms with E-state index >= 15 is 0 Å². The Morgan fingerprint density at radius 1 is 1.36 bits per heavy atom. The van der Waals surface area contributed by atoms with Gasteiger partial charge in [0.2, 0.25) is 5.91 Å². The minimum atomic E-state index is -0.900. The first kappa shape index (κ1) is 21.5. The van der Waals surface area contributed by atoms with Crippen molar-refractivity contribution in [1.29, 1.82) is 0 Å². The monoisotopic (exact) mass is 356 g/mol. The number of rotatable bonds is 12. The standard InChI is InChI=1S/C18H29FN2O4/c1-3-4-15(13(2)19)7-18(25)21-10-14(11-21)5-6-20-9-16(23)8-17(24)12-22/h3-4,14,16-17,20,22-24H,1-2,5-12H2/b15-4-/t16-,17+/m1/s1. The highest BCUT2D eigenvalue weighted by atomic mass is 19.1. The maximum atomic E-state index is 13.2. The van der Waals surface area contributed by atoms with E-state index in [1.165, 1.54) is 12.2 Å².